The van der Waals surface area contributed by atoms with E-state index in [9.17, 15) is 18.0 Å². The minimum absolute atomic E-state index is 0.174. The smallest absolute Gasteiger partial charge is 0.270 e. The van der Waals surface area contributed by atoms with E-state index in [1.54, 1.807) is 19.1 Å². The van der Waals surface area contributed by atoms with Crippen LogP contribution in [0.1, 0.15) is 42.0 Å². The van der Waals surface area contributed by atoms with Crippen LogP contribution in [0.2, 0.25) is 0 Å². The molecule has 1 aliphatic carbocycles. The number of aromatic nitrogens is 2. The van der Waals surface area contributed by atoms with Crippen LogP contribution in [0.3, 0.4) is 0 Å². The Hall–Kier alpha value is -2.64. The molecule has 2 atom stereocenters. The van der Waals surface area contributed by atoms with Gasteiger partial charge in [-0.2, -0.15) is 0 Å². The molecular weight excluding hydrogens is 381 g/mol. The van der Waals surface area contributed by atoms with Gasteiger partial charge in [-0.25, -0.2) is 23.1 Å². The van der Waals surface area contributed by atoms with Crippen molar-refractivity contribution in [3.8, 4) is 0 Å². The number of carbonyl (C=O) groups excluding carboxylic acids is 1. The summed E-state index contributed by atoms with van der Waals surface area (Å²) in [5.74, 6) is -3.23. The largest absolute Gasteiger partial charge is 0.371 e. The predicted molar refractivity (Wildman–Crippen MR) is 102 cm³/mol. The third-order valence-corrected chi connectivity index (χ3v) is 5.81. The second-order valence-electron chi connectivity index (χ2n) is 8.25. The van der Waals surface area contributed by atoms with E-state index in [2.05, 4.69) is 15.3 Å². The molecule has 0 unspecified atom stereocenters. The van der Waals surface area contributed by atoms with E-state index in [0.29, 0.717) is 37.4 Å². The molecule has 1 aromatic carbocycles. The molecule has 0 bridgehead atoms. The second-order valence-corrected chi connectivity index (χ2v) is 8.25. The van der Waals surface area contributed by atoms with Gasteiger partial charge in [0.15, 0.2) is 0 Å². The Balaban J connectivity index is 1.49. The molecule has 154 valence electrons. The third-order valence-electron chi connectivity index (χ3n) is 5.81. The van der Waals surface area contributed by atoms with Crippen LogP contribution in [0, 0.1) is 18.2 Å². The van der Waals surface area contributed by atoms with Crippen molar-refractivity contribution in [3.05, 3.63) is 53.9 Å². The number of hydrogen-bond acceptors (Lipinski definition) is 4. The van der Waals surface area contributed by atoms with Gasteiger partial charge in [0.1, 0.15) is 17.3 Å². The first-order valence-corrected chi connectivity index (χ1v) is 9.73. The highest BCUT2D eigenvalue weighted by molar-refractivity contribution is 5.92. The van der Waals surface area contributed by atoms with Crippen LogP contribution in [0.4, 0.5) is 18.9 Å². The number of nitrogens with zero attached hydrogens (tertiary/aromatic N) is 3. The Morgan fingerprint density at radius 3 is 2.86 bits per heavy atom. The van der Waals surface area contributed by atoms with E-state index >= 15 is 0 Å². The first-order valence-electron chi connectivity index (χ1n) is 9.73. The summed E-state index contributed by atoms with van der Waals surface area (Å²) in [5, 5.41) is 2.75. The topological polar surface area (TPSA) is 58.1 Å². The van der Waals surface area contributed by atoms with Gasteiger partial charge in [0.05, 0.1) is 0 Å². The summed E-state index contributed by atoms with van der Waals surface area (Å²) in [7, 11) is 0. The lowest BCUT2D eigenvalue weighted by Crippen LogP contribution is -2.50. The number of aryl methyl sites for hydroxylation is 1. The maximum atomic E-state index is 14.6. The highest BCUT2D eigenvalue weighted by Gasteiger charge is 2.52. The first kappa shape index (κ1) is 19.7. The van der Waals surface area contributed by atoms with E-state index in [4.69, 9.17) is 0 Å². The molecule has 4 rings (SSSR count). The summed E-state index contributed by atoms with van der Waals surface area (Å²) in [6.45, 7) is 2.68. The van der Waals surface area contributed by atoms with Gasteiger partial charge in [0, 0.05) is 43.9 Å². The zero-order valence-electron chi connectivity index (χ0n) is 16.2. The van der Waals surface area contributed by atoms with Crippen LogP contribution in [-0.2, 0) is 0 Å². The van der Waals surface area contributed by atoms with Crippen LogP contribution >= 0.6 is 0 Å². The van der Waals surface area contributed by atoms with Crippen LogP contribution < -0.4 is 10.2 Å². The molecule has 1 N–H and O–H groups in total. The second kappa shape index (κ2) is 7.31. The number of rotatable bonds is 3. The van der Waals surface area contributed by atoms with E-state index in [1.165, 1.54) is 24.4 Å². The molecule has 2 fully saturated rings. The molecule has 1 saturated carbocycles. The summed E-state index contributed by atoms with van der Waals surface area (Å²) in [6, 6.07) is 7.04. The maximum absolute atomic E-state index is 14.6. The van der Waals surface area contributed by atoms with Gasteiger partial charge in [-0.1, -0.05) is 6.07 Å². The van der Waals surface area contributed by atoms with Crippen LogP contribution in [0.15, 0.2) is 36.5 Å². The Bertz CT molecular complexity index is 922. The van der Waals surface area contributed by atoms with Crippen LogP contribution in [-0.4, -0.2) is 40.9 Å². The lowest BCUT2D eigenvalue weighted by Gasteiger charge is -2.42. The Morgan fingerprint density at radius 2 is 2.10 bits per heavy atom. The van der Waals surface area contributed by atoms with Crippen molar-refractivity contribution in [1.82, 2.24) is 15.3 Å². The number of carbonyl (C=O) groups is 1. The third kappa shape index (κ3) is 4.36. The molecular formula is C21H23F3N4O. The van der Waals surface area contributed by atoms with Crippen molar-refractivity contribution < 1.29 is 18.0 Å². The fraction of sp³-hybridized carbons (Fsp3) is 0.476. The van der Waals surface area contributed by atoms with Crippen molar-refractivity contribution in [2.24, 2.45) is 5.41 Å². The number of halogens is 3. The first-order chi connectivity index (χ1) is 13.7. The van der Waals surface area contributed by atoms with E-state index in [-0.39, 0.29) is 24.4 Å². The number of alkyl halides is 2. The van der Waals surface area contributed by atoms with Crippen molar-refractivity contribution in [2.45, 2.75) is 44.6 Å². The predicted octanol–water partition coefficient (Wildman–Crippen LogP) is 3.74. The Kier molecular flexibility index (Phi) is 4.96. The van der Waals surface area contributed by atoms with Gasteiger partial charge in [0.25, 0.3) is 11.8 Å². The summed E-state index contributed by atoms with van der Waals surface area (Å²) in [6.07, 6.45) is 1.92. The van der Waals surface area contributed by atoms with Gasteiger partial charge < -0.3 is 10.2 Å². The number of anilines is 1. The van der Waals surface area contributed by atoms with Crippen molar-refractivity contribution in [3.63, 3.8) is 0 Å². The fourth-order valence-corrected chi connectivity index (χ4v) is 4.73. The van der Waals surface area contributed by atoms with Gasteiger partial charge >= 0.3 is 0 Å². The van der Waals surface area contributed by atoms with Crippen LogP contribution in [0.25, 0.3) is 0 Å². The Labute approximate surface area is 167 Å². The number of amides is 1. The van der Waals surface area contributed by atoms with E-state index < -0.39 is 23.3 Å². The quantitative estimate of drug-likeness (QED) is 0.847. The lowest BCUT2D eigenvalue weighted by atomic mass is 9.70. The minimum atomic E-state index is -2.87. The normalized spacial score (nSPS) is 25.9. The minimum Gasteiger partial charge on any atom is -0.371 e. The SMILES string of the molecule is Cc1nccc(C(=O)N[C@H]2CC(F)(F)C[C@]3(CCN(c4cccc(F)c4)C3)C2)n1. The van der Waals surface area contributed by atoms with Crippen molar-refractivity contribution >= 4 is 11.6 Å². The molecule has 1 spiro atoms. The van der Waals surface area contributed by atoms with Gasteiger partial charge in [-0.15, -0.1) is 0 Å². The van der Waals surface area contributed by atoms with Crippen LogP contribution in [0.5, 0.6) is 0 Å². The highest BCUT2D eigenvalue weighted by atomic mass is 19.3. The maximum Gasteiger partial charge on any atom is 0.270 e. The molecule has 0 radical (unpaired) electrons. The van der Waals surface area contributed by atoms with E-state index in [0.717, 1.165) is 0 Å². The molecule has 1 aromatic heterocycles. The number of hydrogen-bond donors (Lipinski definition) is 1. The zero-order valence-corrected chi connectivity index (χ0v) is 16.2. The summed E-state index contributed by atoms with van der Waals surface area (Å²) >= 11 is 0. The van der Waals surface area contributed by atoms with Crippen molar-refractivity contribution in [1.29, 1.82) is 0 Å². The Morgan fingerprint density at radius 1 is 1.28 bits per heavy atom. The average Bonchev–Trinajstić information content (AvgIpc) is 3.03. The van der Waals surface area contributed by atoms with Gasteiger partial charge in [0.2, 0.25) is 0 Å². The summed E-state index contributed by atoms with van der Waals surface area (Å²) in [4.78, 5) is 22.5. The molecule has 5 nitrogen and oxygen atoms in total. The highest BCUT2D eigenvalue weighted by Crippen LogP contribution is 2.50. The zero-order chi connectivity index (χ0) is 20.6. The molecule has 2 aliphatic rings. The molecule has 1 aliphatic heterocycles. The lowest BCUT2D eigenvalue weighted by molar-refractivity contribution is -0.0866. The molecule has 8 heteroatoms. The number of nitrogens with one attached hydrogen (secondary N) is 1. The molecule has 1 saturated heterocycles. The van der Waals surface area contributed by atoms with Crippen molar-refractivity contribution in [2.75, 3.05) is 18.0 Å². The summed E-state index contributed by atoms with van der Waals surface area (Å²) in [5.41, 5.74) is 0.259. The molecule has 2 heterocycles. The number of benzene rings is 1. The summed E-state index contributed by atoms with van der Waals surface area (Å²) < 4.78 is 42.8. The monoisotopic (exact) mass is 404 g/mol. The fourth-order valence-electron chi connectivity index (χ4n) is 4.73. The molecule has 2 aromatic rings. The average molecular weight is 404 g/mol. The van der Waals surface area contributed by atoms with E-state index in [1.807, 2.05) is 4.90 Å². The molecule has 29 heavy (non-hydrogen) atoms. The van der Waals surface area contributed by atoms with Gasteiger partial charge in [-0.3, -0.25) is 4.79 Å². The standard InChI is InChI=1S/C21H23F3N4O/c1-14-25-7-5-18(26-14)19(29)27-16-10-20(12-21(23,24)11-16)6-8-28(13-20)17-4-2-3-15(22)9-17/h2-5,7,9,16H,6,8,10-13H2,1H3,(H,27,29)/t16-,20+/m1/s1. The van der Waals surface area contributed by atoms with Gasteiger partial charge in [-0.05, 0) is 49.4 Å². The molecule has 1 amide bonds.